The molecule has 1 aliphatic rings. The molecule has 4 heteroatoms. The van der Waals surface area contributed by atoms with Crippen LogP contribution in [0.1, 0.15) is 38.3 Å². The van der Waals surface area contributed by atoms with Gasteiger partial charge in [-0.05, 0) is 69.5 Å². The molecule has 0 bridgehead atoms. The lowest BCUT2D eigenvalue weighted by Crippen LogP contribution is -2.45. The van der Waals surface area contributed by atoms with Crippen LogP contribution in [0.15, 0.2) is 18.2 Å². The number of hydrogen-bond acceptors (Lipinski definition) is 2. The molecule has 1 heterocycles. The molecule has 0 aliphatic carbocycles. The predicted molar refractivity (Wildman–Crippen MR) is 77.8 cm³/mol. The van der Waals surface area contributed by atoms with Crippen LogP contribution in [0.25, 0.3) is 0 Å². The highest BCUT2D eigenvalue weighted by Crippen LogP contribution is 2.37. The molecular formula is C15H22ClFN2. The normalized spacial score (nSPS) is 24.9. The molecule has 1 fully saturated rings. The number of likely N-dealkylation sites (tertiary alicyclic amines) is 1. The van der Waals surface area contributed by atoms with E-state index in [0.717, 1.165) is 24.9 Å². The van der Waals surface area contributed by atoms with Crippen LogP contribution in [0.2, 0.25) is 5.02 Å². The van der Waals surface area contributed by atoms with Gasteiger partial charge in [0.15, 0.2) is 0 Å². The molecule has 1 aromatic carbocycles. The molecule has 1 saturated heterocycles. The van der Waals surface area contributed by atoms with E-state index in [1.165, 1.54) is 6.07 Å². The van der Waals surface area contributed by atoms with Gasteiger partial charge < -0.3 is 5.73 Å². The smallest absolute Gasteiger partial charge is 0.125 e. The molecule has 2 N–H and O–H groups in total. The van der Waals surface area contributed by atoms with Crippen LogP contribution >= 0.6 is 11.6 Å². The van der Waals surface area contributed by atoms with Crippen LogP contribution in [0, 0.1) is 11.7 Å². The number of halogens is 2. The quantitative estimate of drug-likeness (QED) is 0.919. The molecule has 0 radical (unpaired) electrons. The minimum absolute atomic E-state index is 0.173. The van der Waals surface area contributed by atoms with E-state index in [0.29, 0.717) is 23.5 Å². The maximum Gasteiger partial charge on any atom is 0.125 e. The number of hydrogen-bond donors (Lipinski definition) is 1. The average molecular weight is 285 g/mol. The predicted octanol–water partition coefficient (Wildman–Crippen LogP) is 3.60. The Bertz CT molecular complexity index is 416. The lowest BCUT2D eigenvalue weighted by Gasteiger charge is -2.43. The summed E-state index contributed by atoms with van der Waals surface area (Å²) in [6, 6.07) is 5.41. The number of nitrogens with zero attached hydrogens (tertiary/aromatic N) is 1. The van der Waals surface area contributed by atoms with E-state index in [2.05, 4.69) is 18.7 Å². The lowest BCUT2D eigenvalue weighted by molar-refractivity contribution is 0.0663. The van der Waals surface area contributed by atoms with Crippen molar-refractivity contribution in [3.8, 4) is 0 Å². The van der Waals surface area contributed by atoms with E-state index in [-0.39, 0.29) is 11.9 Å². The summed E-state index contributed by atoms with van der Waals surface area (Å²) < 4.78 is 13.6. The van der Waals surface area contributed by atoms with Crippen molar-refractivity contribution in [3.63, 3.8) is 0 Å². The first-order chi connectivity index (χ1) is 9.02. The summed E-state index contributed by atoms with van der Waals surface area (Å²) in [6.45, 7) is 6.01. The molecule has 2 unspecified atom stereocenters. The summed E-state index contributed by atoms with van der Waals surface area (Å²) in [7, 11) is 0. The summed E-state index contributed by atoms with van der Waals surface area (Å²) in [6.07, 6.45) is 2.25. The first kappa shape index (κ1) is 14.8. The van der Waals surface area contributed by atoms with Crippen molar-refractivity contribution in [3.05, 3.63) is 34.6 Å². The van der Waals surface area contributed by atoms with E-state index in [4.69, 9.17) is 17.3 Å². The molecule has 2 atom stereocenters. The molecule has 1 aliphatic heterocycles. The van der Waals surface area contributed by atoms with E-state index in [1.807, 2.05) is 6.07 Å². The van der Waals surface area contributed by atoms with Crippen molar-refractivity contribution in [2.24, 2.45) is 11.7 Å². The second-order valence-corrected chi connectivity index (χ2v) is 6.05. The molecular weight excluding hydrogens is 263 g/mol. The zero-order valence-corrected chi connectivity index (χ0v) is 12.3. The molecule has 0 spiro atoms. The Hall–Kier alpha value is -0.640. The van der Waals surface area contributed by atoms with Gasteiger partial charge in [0, 0.05) is 17.1 Å². The van der Waals surface area contributed by atoms with Gasteiger partial charge in [0.05, 0.1) is 0 Å². The highest BCUT2D eigenvalue weighted by atomic mass is 35.5. The summed E-state index contributed by atoms with van der Waals surface area (Å²) in [5.74, 6) is 0.0987. The molecule has 2 rings (SSSR count). The summed E-state index contributed by atoms with van der Waals surface area (Å²) in [5.41, 5.74) is 6.87. The standard InChI is InChI=1S/C15H22ClFN2/c1-10(2)19-5-3-4-11(9-18)15(19)12-6-13(16)8-14(17)7-12/h6-8,10-11,15H,3-5,9,18H2,1-2H3. The van der Waals surface area contributed by atoms with Crippen molar-refractivity contribution in [2.75, 3.05) is 13.1 Å². The maximum atomic E-state index is 13.6. The van der Waals surface area contributed by atoms with Crippen molar-refractivity contribution >= 4 is 11.6 Å². The lowest BCUT2D eigenvalue weighted by atomic mass is 9.84. The van der Waals surface area contributed by atoms with Crippen LogP contribution in [0.3, 0.4) is 0 Å². The number of nitrogens with two attached hydrogens (primary N) is 1. The fourth-order valence-corrected chi connectivity index (χ4v) is 3.37. The van der Waals surface area contributed by atoms with Gasteiger partial charge in [-0.2, -0.15) is 0 Å². The molecule has 1 aromatic rings. The van der Waals surface area contributed by atoms with Gasteiger partial charge in [0.1, 0.15) is 5.82 Å². The summed E-state index contributed by atoms with van der Waals surface area (Å²) in [5, 5.41) is 0.458. The van der Waals surface area contributed by atoms with Crippen molar-refractivity contribution in [1.82, 2.24) is 4.90 Å². The zero-order valence-electron chi connectivity index (χ0n) is 11.6. The Morgan fingerprint density at radius 2 is 2.16 bits per heavy atom. The SMILES string of the molecule is CC(C)N1CCCC(CN)C1c1cc(F)cc(Cl)c1. The van der Waals surface area contributed by atoms with Crippen LogP contribution in [0.4, 0.5) is 4.39 Å². The minimum atomic E-state index is -0.271. The van der Waals surface area contributed by atoms with Gasteiger partial charge in [-0.3, -0.25) is 4.90 Å². The van der Waals surface area contributed by atoms with E-state index in [9.17, 15) is 4.39 Å². The highest BCUT2D eigenvalue weighted by Gasteiger charge is 2.33. The second kappa shape index (κ2) is 6.21. The van der Waals surface area contributed by atoms with Gasteiger partial charge in [-0.1, -0.05) is 11.6 Å². The molecule has 0 amide bonds. The fourth-order valence-electron chi connectivity index (χ4n) is 3.14. The largest absolute Gasteiger partial charge is 0.330 e. The minimum Gasteiger partial charge on any atom is -0.330 e. The first-order valence-electron chi connectivity index (χ1n) is 6.94. The third-order valence-corrected chi connectivity index (χ3v) is 4.21. The Morgan fingerprint density at radius 1 is 1.42 bits per heavy atom. The monoisotopic (exact) mass is 284 g/mol. The Labute approximate surface area is 119 Å². The molecule has 2 nitrogen and oxygen atoms in total. The van der Waals surface area contributed by atoms with E-state index < -0.39 is 0 Å². The van der Waals surface area contributed by atoms with Gasteiger partial charge in [0.25, 0.3) is 0 Å². The summed E-state index contributed by atoms with van der Waals surface area (Å²) in [4.78, 5) is 2.41. The van der Waals surface area contributed by atoms with Gasteiger partial charge in [0.2, 0.25) is 0 Å². The Balaban J connectivity index is 2.39. The van der Waals surface area contributed by atoms with Crippen LogP contribution < -0.4 is 5.73 Å². The summed E-state index contributed by atoms with van der Waals surface area (Å²) >= 11 is 6.00. The number of rotatable bonds is 3. The highest BCUT2D eigenvalue weighted by molar-refractivity contribution is 6.30. The number of piperidine rings is 1. The van der Waals surface area contributed by atoms with Gasteiger partial charge in [-0.25, -0.2) is 4.39 Å². The Morgan fingerprint density at radius 3 is 2.74 bits per heavy atom. The zero-order chi connectivity index (χ0) is 14.0. The van der Waals surface area contributed by atoms with Gasteiger partial charge in [-0.15, -0.1) is 0 Å². The van der Waals surface area contributed by atoms with Crippen LogP contribution in [-0.2, 0) is 0 Å². The molecule has 106 valence electrons. The number of benzene rings is 1. The topological polar surface area (TPSA) is 29.3 Å². The third-order valence-electron chi connectivity index (χ3n) is 3.99. The fraction of sp³-hybridized carbons (Fsp3) is 0.600. The first-order valence-corrected chi connectivity index (χ1v) is 7.32. The molecule has 0 aromatic heterocycles. The van der Waals surface area contributed by atoms with Crippen LogP contribution in [0.5, 0.6) is 0 Å². The van der Waals surface area contributed by atoms with E-state index >= 15 is 0 Å². The van der Waals surface area contributed by atoms with Crippen molar-refractivity contribution in [1.29, 1.82) is 0 Å². The maximum absolute atomic E-state index is 13.6. The van der Waals surface area contributed by atoms with Crippen molar-refractivity contribution < 1.29 is 4.39 Å². The molecule has 19 heavy (non-hydrogen) atoms. The van der Waals surface area contributed by atoms with Crippen LogP contribution in [-0.4, -0.2) is 24.0 Å². The second-order valence-electron chi connectivity index (χ2n) is 5.62. The van der Waals surface area contributed by atoms with E-state index in [1.54, 1.807) is 6.07 Å². The van der Waals surface area contributed by atoms with Crippen molar-refractivity contribution in [2.45, 2.75) is 38.8 Å². The molecule has 0 saturated carbocycles. The Kier molecular flexibility index (Phi) is 4.82. The third kappa shape index (κ3) is 3.28. The van der Waals surface area contributed by atoms with Gasteiger partial charge >= 0.3 is 0 Å². The average Bonchev–Trinajstić information content (AvgIpc) is 2.36.